The average molecular weight is 359 g/mol. The summed E-state index contributed by atoms with van der Waals surface area (Å²) in [7, 11) is 1.58. The van der Waals surface area contributed by atoms with Crippen molar-refractivity contribution in [2.75, 3.05) is 17.1 Å². The number of thiazole rings is 1. The number of rotatable bonds is 7. The molecule has 124 valence electrons. The summed E-state index contributed by atoms with van der Waals surface area (Å²) in [5.41, 5.74) is 1.81. The molecule has 1 heterocycles. The van der Waals surface area contributed by atoms with Crippen LogP contribution in [-0.2, 0) is 6.54 Å². The molecule has 0 bridgehead atoms. The van der Waals surface area contributed by atoms with Crippen molar-refractivity contribution in [2.24, 2.45) is 0 Å². The lowest BCUT2D eigenvalue weighted by atomic mass is 10.2. The minimum atomic E-state index is 0.224. The van der Waals surface area contributed by atoms with Crippen LogP contribution in [0, 0.1) is 0 Å². The number of hydrogen-bond donors (Lipinski definition) is 3. The van der Waals surface area contributed by atoms with E-state index in [-0.39, 0.29) is 5.75 Å². The molecule has 3 aromatic rings. The quantitative estimate of drug-likeness (QED) is 0.536. The highest BCUT2D eigenvalue weighted by atomic mass is 32.2. The lowest BCUT2D eigenvalue weighted by Gasteiger charge is -2.10. The van der Waals surface area contributed by atoms with E-state index in [9.17, 15) is 5.11 Å². The number of aromatic nitrogens is 1. The van der Waals surface area contributed by atoms with Gasteiger partial charge in [0.1, 0.15) is 11.5 Å². The molecule has 0 saturated heterocycles. The second-order valence-corrected chi connectivity index (χ2v) is 6.69. The van der Waals surface area contributed by atoms with Gasteiger partial charge >= 0.3 is 0 Å². The van der Waals surface area contributed by atoms with E-state index < -0.39 is 0 Å². The number of nitrogens with zero attached hydrogens (tertiary/aromatic N) is 1. The standard InChI is InChI=1S/C17H17N3O2S2/c1-22-14-5-2-12(16(21)10-14)11-19-13-3-6-15(7-4-13)24-20-17-18-8-9-23-17/h2-10,19,21H,11H2,1H3,(H,18,20). The van der Waals surface area contributed by atoms with E-state index >= 15 is 0 Å². The van der Waals surface area contributed by atoms with Crippen molar-refractivity contribution in [3.63, 3.8) is 0 Å². The lowest BCUT2D eigenvalue weighted by Crippen LogP contribution is -1.99. The van der Waals surface area contributed by atoms with Crippen LogP contribution in [0.1, 0.15) is 5.56 Å². The van der Waals surface area contributed by atoms with Crippen molar-refractivity contribution in [1.82, 2.24) is 4.98 Å². The summed E-state index contributed by atoms with van der Waals surface area (Å²) in [5, 5.41) is 16.1. The molecule has 7 heteroatoms. The van der Waals surface area contributed by atoms with Gasteiger partial charge in [-0.1, -0.05) is 0 Å². The molecule has 0 aliphatic carbocycles. The first-order valence-corrected chi connectivity index (χ1v) is 8.96. The van der Waals surface area contributed by atoms with E-state index in [2.05, 4.69) is 15.0 Å². The zero-order valence-corrected chi connectivity index (χ0v) is 14.7. The van der Waals surface area contributed by atoms with Gasteiger partial charge in [-0.05, 0) is 48.3 Å². The second-order valence-electron chi connectivity index (χ2n) is 4.91. The maximum atomic E-state index is 9.97. The van der Waals surface area contributed by atoms with Gasteiger partial charge in [-0.25, -0.2) is 4.98 Å². The second kappa shape index (κ2) is 7.94. The van der Waals surface area contributed by atoms with Crippen molar-refractivity contribution in [2.45, 2.75) is 11.4 Å². The maximum Gasteiger partial charge on any atom is 0.192 e. The lowest BCUT2D eigenvalue weighted by molar-refractivity contribution is 0.406. The van der Waals surface area contributed by atoms with Crippen LogP contribution in [-0.4, -0.2) is 17.2 Å². The van der Waals surface area contributed by atoms with Gasteiger partial charge < -0.3 is 19.9 Å². The fourth-order valence-electron chi connectivity index (χ4n) is 2.03. The molecule has 0 spiro atoms. The molecule has 2 aromatic carbocycles. The Labute approximate surface area is 148 Å². The van der Waals surface area contributed by atoms with Crippen molar-refractivity contribution in [3.8, 4) is 11.5 Å². The molecule has 0 unspecified atom stereocenters. The Bertz CT molecular complexity index is 777. The Morgan fingerprint density at radius 3 is 2.71 bits per heavy atom. The third kappa shape index (κ3) is 4.33. The predicted octanol–water partition coefficient (Wildman–Crippen LogP) is 4.59. The minimum absolute atomic E-state index is 0.224. The van der Waals surface area contributed by atoms with Gasteiger partial charge in [0.15, 0.2) is 5.13 Å². The first-order chi connectivity index (χ1) is 11.7. The Morgan fingerprint density at radius 1 is 1.21 bits per heavy atom. The van der Waals surface area contributed by atoms with Crippen molar-refractivity contribution in [1.29, 1.82) is 0 Å². The number of hydrogen-bond acceptors (Lipinski definition) is 7. The van der Waals surface area contributed by atoms with Crippen LogP contribution in [0.3, 0.4) is 0 Å². The van der Waals surface area contributed by atoms with Crippen LogP contribution >= 0.6 is 23.3 Å². The summed E-state index contributed by atoms with van der Waals surface area (Å²) in [6.45, 7) is 0.541. The van der Waals surface area contributed by atoms with Crippen LogP contribution in [0.2, 0.25) is 0 Å². The zero-order chi connectivity index (χ0) is 16.8. The Hall–Kier alpha value is -2.38. The molecule has 1 aromatic heterocycles. The minimum Gasteiger partial charge on any atom is -0.507 e. The predicted molar refractivity (Wildman–Crippen MR) is 100 cm³/mol. The van der Waals surface area contributed by atoms with Gasteiger partial charge in [-0.2, -0.15) is 0 Å². The molecule has 5 nitrogen and oxygen atoms in total. The van der Waals surface area contributed by atoms with E-state index in [0.29, 0.717) is 12.3 Å². The van der Waals surface area contributed by atoms with E-state index in [0.717, 1.165) is 21.3 Å². The number of methoxy groups -OCH3 is 1. The third-order valence-corrected chi connectivity index (χ3v) is 4.94. The maximum absolute atomic E-state index is 9.97. The van der Waals surface area contributed by atoms with Gasteiger partial charge in [-0.15, -0.1) is 11.3 Å². The molecule has 0 aliphatic heterocycles. The number of phenolic OH excluding ortho intramolecular Hbond substituents is 1. The Morgan fingerprint density at radius 2 is 2.04 bits per heavy atom. The molecular formula is C17H17N3O2S2. The fourth-order valence-corrected chi connectivity index (χ4v) is 3.25. The highest BCUT2D eigenvalue weighted by Gasteiger charge is 2.03. The summed E-state index contributed by atoms with van der Waals surface area (Å²) < 4.78 is 8.28. The number of anilines is 2. The molecule has 24 heavy (non-hydrogen) atoms. The Balaban J connectivity index is 1.54. The zero-order valence-electron chi connectivity index (χ0n) is 13.0. The number of phenols is 1. The largest absolute Gasteiger partial charge is 0.507 e. The monoisotopic (exact) mass is 359 g/mol. The first-order valence-electron chi connectivity index (χ1n) is 7.27. The molecule has 3 N–H and O–H groups in total. The van der Waals surface area contributed by atoms with Crippen molar-refractivity contribution < 1.29 is 9.84 Å². The fraction of sp³-hybridized carbons (Fsp3) is 0.118. The summed E-state index contributed by atoms with van der Waals surface area (Å²) in [5.74, 6) is 0.868. The molecule has 3 rings (SSSR count). The smallest absolute Gasteiger partial charge is 0.192 e. The van der Waals surface area contributed by atoms with Gasteiger partial charge in [-0.3, -0.25) is 0 Å². The van der Waals surface area contributed by atoms with Crippen LogP contribution in [0.15, 0.2) is 58.9 Å². The SMILES string of the molecule is COc1ccc(CNc2ccc(SNc3nccs3)cc2)c(O)c1. The molecule has 0 radical (unpaired) electrons. The number of nitrogens with one attached hydrogen (secondary N) is 2. The number of benzene rings is 2. The number of ether oxygens (including phenoxy) is 1. The molecule has 0 aliphatic rings. The third-order valence-electron chi connectivity index (χ3n) is 3.32. The van der Waals surface area contributed by atoms with E-state index in [1.807, 2.05) is 41.8 Å². The molecule has 0 amide bonds. The van der Waals surface area contributed by atoms with Crippen LogP contribution < -0.4 is 14.8 Å². The molecule has 0 atom stereocenters. The summed E-state index contributed by atoms with van der Waals surface area (Å²) >= 11 is 3.09. The molecule has 0 saturated carbocycles. The van der Waals surface area contributed by atoms with Gasteiger partial charge in [0.2, 0.25) is 0 Å². The highest BCUT2D eigenvalue weighted by Crippen LogP contribution is 2.26. The summed E-state index contributed by atoms with van der Waals surface area (Å²) in [6.07, 6.45) is 1.77. The summed E-state index contributed by atoms with van der Waals surface area (Å²) in [4.78, 5) is 5.27. The van der Waals surface area contributed by atoms with Gasteiger partial charge in [0.05, 0.1) is 7.11 Å². The topological polar surface area (TPSA) is 66.4 Å². The van der Waals surface area contributed by atoms with E-state index in [4.69, 9.17) is 4.74 Å². The van der Waals surface area contributed by atoms with E-state index in [1.54, 1.807) is 30.7 Å². The van der Waals surface area contributed by atoms with Crippen LogP contribution in [0.5, 0.6) is 11.5 Å². The van der Waals surface area contributed by atoms with Crippen molar-refractivity contribution >= 4 is 34.1 Å². The summed E-state index contributed by atoms with van der Waals surface area (Å²) in [6, 6.07) is 13.4. The van der Waals surface area contributed by atoms with Crippen molar-refractivity contribution in [3.05, 3.63) is 59.6 Å². The first kappa shape index (κ1) is 16.5. The molecule has 0 fully saturated rings. The normalized spacial score (nSPS) is 10.4. The van der Waals surface area contributed by atoms with Crippen LogP contribution in [0.25, 0.3) is 0 Å². The highest BCUT2D eigenvalue weighted by molar-refractivity contribution is 8.00. The van der Waals surface area contributed by atoms with Gasteiger partial charge in [0.25, 0.3) is 0 Å². The van der Waals surface area contributed by atoms with E-state index in [1.165, 1.54) is 11.9 Å². The number of aromatic hydroxyl groups is 1. The van der Waals surface area contributed by atoms with Crippen LogP contribution in [0.4, 0.5) is 10.8 Å². The Kier molecular flexibility index (Phi) is 5.45. The average Bonchev–Trinajstić information content (AvgIpc) is 3.13. The molecular weight excluding hydrogens is 342 g/mol. The van der Waals surface area contributed by atoms with Gasteiger partial charge in [0, 0.05) is 40.3 Å².